The maximum Gasteiger partial charge on any atom is 0.192 e. The fourth-order valence-corrected chi connectivity index (χ4v) is 3.96. The standard InChI is InChI=1S/C7Cl10/c8-2(4(10)11)1-3(9)6(14,15)7(16,17)5(1,12)13. The van der Waals surface area contributed by atoms with Gasteiger partial charge in [0.1, 0.15) is 4.49 Å². The van der Waals surface area contributed by atoms with E-state index < -0.39 is 13.0 Å². The summed E-state index contributed by atoms with van der Waals surface area (Å²) in [7, 11) is 0. The minimum atomic E-state index is -2.04. The van der Waals surface area contributed by atoms with E-state index in [1.54, 1.807) is 0 Å². The van der Waals surface area contributed by atoms with Crippen LogP contribution < -0.4 is 0 Å². The molecule has 0 aromatic carbocycles. The summed E-state index contributed by atoms with van der Waals surface area (Å²) in [5, 5.41) is -0.489. The van der Waals surface area contributed by atoms with Gasteiger partial charge in [-0.25, -0.2) is 0 Å². The summed E-state index contributed by atoms with van der Waals surface area (Å²) in [6.07, 6.45) is 0. The molecule has 0 heterocycles. The van der Waals surface area contributed by atoms with Gasteiger partial charge in [0.2, 0.25) is 0 Å². The molecule has 0 N–H and O–H groups in total. The fraction of sp³-hybridized carbons (Fsp3) is 0.429. The molecule has 98 valence electrons. The van der Waals surface area contributed by atoms with E-state index in [2.05, 4.69) is 0 Å². The van der Waals surface area contributed by atoms with Crippen LogP contribution in [0.3, 0.4) is 0 Å². The second-order valence-corrected chi connectivity index (χ2v) is 8.67. The third-order valence-corrected chi connectivity index (χ3v) is 7.40. The highest BCUT2D eigenvalue weighted by Gasteiger charge is 2.70. The summed E-state index contributed by atoms with van der Waals surface area (Å²) in [5.74, 6) is 0. The summed E-state index contributed by atoms with van der Waals surface area (Å²) >= 11 is 58.5. The molecule has 0 spiro atoms. The normalized spacial score (nSPS) is 25.1. The number of hydrogen-bond acceptors (Lipinski definition) is 0. The molecule has 17 heavy (non-hydrogen) atoms. The maximum atomic E-state index is 6.00. The van der Waals surface area contributed by atoms with Crippen LogP contribution in [0.1, 0.15) is 0 Å². The van der Waals surface area contributed by atoms with Crippen molar-refractivity contribution in [2.24, 2.45) is 0 Å². The van der Waals surface area contributed by atoms with Crippen LogP contribution in [-0.4, -0.2) is 13.0 Å². The van der Waals surface area contributed by atoms with Gasteiger partial charge in [-0.1, -0.05) is 116 Å². The third kappa shape index (κ3) is 2.50. The van der Waals surface area contributed by atoms with Crippen LogP contribution in [0.15, 0.2) is 20.1 Å². The monoisotopic (exact) mass is 434 g/mol. The van der Waals surface area contributed by atoms with Gasteiger partial charge in [-0.05, 0) is 0 Å². The first-order valence-electron chi connectivity index (χ1n) is 3.64. The number of halogens is 10. The van der Waals surface area contributed by atoms with Gasteiger partial charge >= 0.3 is 0 Å². The molecule has 0 saturated heterocycles. The van der Waals surface area contributed by atoms with Crippen molar-refractivity contribution in [2.75, 3.05) is 0 Å². The zero-order valence-electron chi connectivity index (χ0n) is 7.28. The van der Waals surface area contributed by atoms with Gasteiger partial charge in [0.25, 0.3) is 0 Å². The average molecular weight is 439 g/mol. The Labute approximate surface area is 148 Å². The zero-order valence-corrected chi connectivity index (χ0v) is 14.8. The van der Waals surface area contributed by atoms with E-state index >= 15 is 0 Å². The SMILES string of the molecule is ClC(Cl)=C(Cl)C1=C(Cl)C(Cl)(Cl)C(Cl)(Cl)C1(Cl)Cl. The van der Waals surface area contributed by atoms with Gasteiger partial charge in [0, 0.05) is 5.57 Å². The molecule has 0 fully saturated rings. The molecular formula is C7Cl10. The molecule has 1 aliphatic rings. The molecule has 0 amide bonds. The lowest BCUT2D eigenvalue weighted by atomic mass is 10.2. The number of allylic oxidation sites excluding steroid dienone is 3. The van der Waals surface area contributed by atoms with Gasteiger partial charge in [-0.3, -0.25) is 0 Å². The minimum Gasteiger partial charge on any atom is -0.0941 e. The highest BCUT2D eigenvalue weighted by atomic mass is 35.6. The van der Waals surface area contributed by atoms with Crippen LogP contribution in [0.2, 0.25) is 0 Å². The van der Waals surface area contributed by atoms with E-state index in [1.807, 2.05) is 0 Å². The van der Waals surface area contributed by atoms with Crippen LogP contribution >= 0.6 is 116 Å². The average Bonchev–Trinajstić information content (AvgIpc) is 2.23. The summed E-state index contributed by atoms with van der Waals surface area (Å²) < 4.78 is -6.31. The van der Waals surface area contributed by atoms with E-state index in [9.17, 15) is 0 Å². The smallest absolute Gasteiger partial charge is 0.0941 e. The van der Waals surface area contributed by atoms with E-state index in [4.69, 9.17) is 116 Å². The van der Waals surface area contributed by atoms with Gasteiger partial charge in [-0.2, -0.15) is 0 Å². The molecule has 0 atom stereocenters. The van der Waals surface area contributed by atoms with Crippen LogP contribution in [0.4, 0.5) is 0 Å². The van der Waals surface area contributed by atoms with Gasteiger partial charge in [-0.15, -0.1) is 0 Å². The molecule has 1 rings (SSSR count). The van der Waals surface area contributed by atoms with E-state index in [1.165, 1.54) is 0 Å². The van der Waals surface area contributed by atoms with Crippen molar-refractivity contribution in [3.8, 4) is 0 Å². The highest BCUT2D eigenvalue weighted by Crippen LogP contribution is 2.68. The summed E-state index contributed by atoms with van der Waals surface area (Å²) in [6.45, 7) is 0. The molecule has 0 aromatic rings. The minimum absolute atomic E-state index is 0.140. The highest BCUT2D eigenvalue weighted by molar-refractivity contribution is 6.75. The lowest BCUT2D eigenvalue weighted by Gasteiger charge is -2.33. The van der Waals surface area contributed by atoms with Crippen molar-refractivity contribution < 1.29 is 0 Å². The predicted octanol–water partition coefficient (Wildman–Crippen LogP) is 6.90. The first kappa shape index (κ1) is 17.4. The zero-order chi connectivity index (χ0) is 13.8. The Morgan fingerprint density at radius 2 is 1.18 bits per heavy atom. The molecule has 0 aromatic heterocycles. The van der Waals surface area contributed by atoms with Crippen molar-refractivity contribution in [2.45, 2.75) is 13.0 Å². The summed E-state index contributed by atoms with van der Waals surface area (Å²) in [4.78, 5) is 0. The molecule has 0 radical (unpaired) electrons. The molecule has 0 bridgehead atoms. The molecule has 10 heteroatoms. The first-order valence-corrected chi connectivity index (χ1v) is 7.42. The Bertz CT molecular complexity index is 410. The Morgan fingerprint density at radius 1 is 0.765 bits per heavy atom. The first-order chi connectivity index (χ1) is 7.39. The second kappa shape index (κ2) is 5.30. The predicted molar refractivity (Wildman–Crippen MR) is 80.8 cm³/mol. The molecule has 0 saturated carbocycles. The molecule has 0 nitrogen and oxygen atoms in total. The van der Waals surface area contributed by atoms with Crippen molar-refractivity contribution in [1.29, 1.82) is 0 Å². The molecule has 0 unspecified atom stereocenters. The number of alkyl halides is 6. The lowest BCUT2D eigenvalue weighted by molar-refractivity contribution is 0.757. The quantitative estimate of drug-likeness (QED) is 0.391. The van der Waals surface area contributed by atoms with Crippen molar-refractivity contribution in [1.82, 2.24) is 0 Å². The third-order valence-electron chi connectivity index (χ3n) is 1.98. The Hall–Kier alpha value is 2.38. The molecule has 0 aliphatic heterocycles. The Morgan fingerprint density at radius 3 is 1.41 bits per heavy atom. The molecular weight excluding hydrogens is 439 g/mol. The summed E-state index contributed by atoms with van der Waals surface area (Å²) in [6, 6.07) is 0. The Balaban J connectivity index is 3.61. The fourth-order valence-electron chi connectivity index (χ4n) is 1.12. The van der Waals surface area contributed by atoms with Gasteiger partial charge in [0.15, 0.2) is 13.0 Å². The maximum absolute atomic E-state index is 6.00. The van der Waals surface area contributed by atoms with E-state index in [0.717, 1.165) is 0 Å². The topological polar surface area (TPSA) is 0 Å². The van der Waals surface area contributed by atoms with Gasteiger partial charge < -0.3 is 0 Å². The van der Waals surface area contributed by atoms with Gasteiger partial charge in [0.05, 0.1) is 10.1 Å². The molecule has 1 aliphatic carbocycles. The van der Waals surface area contributed by atoms with E-state index in [0.29, 0.717) is 0 Å². The van der Waals surface area contributed by atoms with Crippen LogP contribution in [0.25, 0.3) is 0 Å². The van der Waals surface area contributed by atoms with Crippen molar-refractivity contribution >= 4 is 116 Å². The van der Waals surface area contributed by atoms with Crippen molar-refractivity contribution in [3.05, 3.63) is 20.1 Å². The number of hydrogen-bond donors (Lipinski definition) is 0. The lowest BCUT2D eigenvalue weighted by Crippen LogP contribution is -2.44. The van der Waals surface area contributed by atoms with Crippen LogP contribution in [0.5, 0.6) is 0 Å². The van der Waals surface area contributed by atoms with Crippen molar-refractivity contribution in [3.63, 3.8) is 0 Å². The second-order valence-electron chi connectivity index (χ2n) is 2.99. The van der Waals surface area contributed by atoms with Crippen LogP contribution in [0, 0.1) is 0 Å². The number of rotatable bonds is 1. The largest absolute Gasteiger partial charge is 0.192 e. The Kier molecular flexibility index (Phi) is 5.43. The van der Waals surface area contributed by atoms with E-state index in [-0.39, 0.29) is 20.1 Å². The summed E-state index contributed by atoms with van der Waals surface area (Å²) in [5.41, 5.74) is -0.140. The van der Waals surface area contributed by atoms with Crippen LogP contribution in [-0.2, 0) is 0 Å².